The summed E-state index contributed by atoms with van der Waals surface area (Å²) in [5, 5.41) is 1.83. The molecule has 140 valence electrons. The van der Waals surface area contributed by atoms with E-state index >= 15 is 0 Å². The molecule has 0 aliphatic rings. The number of hydrogen-bond acceptors (Lipinski definition) is 3. The van der Waals surface area contributed by atoms with Gasteiger partial charge in [-0.3, -0.25) is 4.79 Å². The second kappa shape index (κ2) is 8.65. The van der Waals surface area contributed by atoms with E-state index in [1.54, 1.807) is 31.2 Å². The van der Waals surface area contributed by atoms with E-state index in [-0.39, 0.29) is 22.6 Å². The van der Waals surface area contributed by atoms with Gasteiger partial charge in [0.15, 0.2) is 5.16 Å². The first-order valence-corrected chi connectivity index (χ1v) is 10.1. The van der Waals surface area contributed by atoms with Gasteiger partial charge in [0.2, 0.25) is 0 Å². The Morgan fingerprint density at radius 3 is 2.19 bits per heavy atom. The third-order valence-electron chi connectivity index (χ3n) is 4.03. The molecule has 0 saturated heterocycles. The van der Waals surface area contributed by atoms with E-state index in [4.69, 9.17) is 34.8 Å². The summed E-state index contributed by atoms with van der Waals surface area (Å²) in [6.45, 7) is 1.71. The first kappa shape index (κ1) is 20.2. The van der Waals surface area contributed by atoms with Crippen LogP contribution >= 0.6 is 46.6 Å². The minimum absolute atomic E-state index is 0.0704. The molecule has 3 rings (SSSR count). The van der Waals surface area contributed by atoms with Gasteiger partial charge in [-0.25, -0.2) is 9.37 Å². The van der Waals surface area contributed by atoms with Gasteiger partial charge in [0.05, 0.1) is 0 Å². The van der Waals surface area contributed by atoms with E-state index in [9.17, 15) is 9.18 Å². The van der Waals surface area contributed by atoms with E-state index in [1.165, 1.54) is 23.9 Å². The molecule has 8 heteroatoms. The molecule has 3 aromatic rings. The fourth-order valence-corrected chi connectivity index (χ4v) is 4.43. The number of aromatic nitrogens is 2. The quantitative estimate of drug-likeness (QED) is 0.385. The van der Waals surface area contributed by atoms with Gasteiger partial charge in [-0.15, -0.1) is 0 Å². The summed E-state index contributed by atoms with van der Waals surface area (Å²) in [6, 6.07) is 9.71. The Bertz CT molecular complexity index is 1020. The molecule has 0 unspecified atom stereocenters. The smallest absolute Gasteiger partial charge is 0.255 e. The highest BCUT2D eigenvalue weighted by Gasteiger charge is 2.15. The highest BCUT2D eigenvalue weighted by Crippen LogP contribution is 2.30. The summed E-state index contributed by atoms with van der Waals surface area (Å²) < 4.78 is 14.0. The molecule has 0 radical (unpaired) electrons. The lowest BCUT2D eigenvalue weighted by Gasteiger charge is -2.10. The molecule has 27 heavy (non-hydrogen) atoms. The number of H-pyrrole nitrogens is 1. The normalized spacial score (nSPS) is 11.0. The van der Waals surface area contributed by atoms with E-state index in [0.717, 1.165) is 5.56 Å². The van der Waals surface area contributed by atoms with Crippen molar-refractivity contribution in [3.63, 3.8) is 0 Å². The third-order valence-corrected chi connectivity index (χ3v) is 5.99. The van der Waals surface area contributed by atoms with Gasteiger partial charge in [0.25, 0.3) is 5.56 Å². The van der Waals surface area contributed by atoms with Crippen LogP contribution in [0.5, 0.6) is 0 Å². The molecule has 1 heterocycles. The Hall–Kier alpha value is -1.53. The van der Waals surface area contributed by atoms with Crippen LogP contribution in [0.2, 0.25) is 15.1 Å². The van der Waals surface area contributed by atoms with Crippen LogP contribution in [0, 0.1) is 12.7 Å². The largest absolute Gasteiger partial charge is 0.301 e. The van der Waals surface area contributed by atoms with Crippen molar-refractivity contribution in [2.45, 2.75) is 24.3 Å². The molecule has 0 aliphatic heterocycles. The third kappa shape index (κ3) is 4.66. The number of nitrogens with one attached hydrogen (secondary N) is 1. The van der Waals surface area contributed by atoms with Gasteiger partial charge >= 0.3 is 0 Å². The van der Waals surface area contributed by atoms with Gasteiger partial charge in [0.1, 0.15) is 5.82 Å². The molecular weight excluding hydrogens is 430 g/mol. The van der Waals surface area contributed by atoms with Crippen molar-refractivity contribution in [1.82, 2.24) is 9.97 Å². The zero-order valence-electron chi connectivity index (χ0n) is 14.2. The highest BCUT2D eigenvalue weighted by molar-refractivity contribution is 7.98. The summed E-state index contributed by atoms with van der Waals surface area (Å²) in [5.41, 5.74) is 1.62. The van der Waals surface area contributed by atoms with Crippen LogP contribution in [0.1, 0.15) is 22.4 Å². The SMILES string of the molecule is Cc1nc(SCc2c(Cl)cccc2Cl)[nH]c(=O)c1Cc1c(F)cccc1Cl. The van der Waals surface area contributed by atoms with Crippen molar-refractivity contribution < 1.29 is 4.39 Å². The van der Waals surface area contributed by atoms with Crippen molar-refractivity contribution in [2.24, 2.45) is 0 Å². The predicted octanol–water partition coefficient (Wildman–Crippen LogP) is 6.06. The number of halogens is 4. The summed E-state index contributed by atoms with van der Waals surface area (Å²) in [5.74, 6) is 0.00689. The monoisotopic (exact) mass is 442 g/mol. The summed E-state index contributed by atoms with van der Waals surface area (Å²) in [4.78, 5) is 19.7. The fraction of sp³-hybridized carbons (Fsp3) is 0.158. The summed E-state index contributed by atoms with van der Waals surface area (Å²) in [7, 11) is 0. The Labute approximate surface area is 174 Å². The average molecular weight is 444 g/mol. The number of thioether (sulfide) groups is 1. The molecule has 1 aromatic heterocycles. The molecule has 0 aliphatic carbocycles. The maximum atomic E-state index is 14.0. The van der Waals surface area contributed by atoms with Gasteiger partial charge in [-0.05, 0) is 36.8 Å². The highest BCUT2D eigenvalue weighted by atomic mass is 35.5. The first-order valence-electron chi connectivity index (χ1n) is 7.95. The Balaban J connectivity index is 1.84. The van der Waals surface area contributed by atoms with Gasteiger partial charge in [-0.2, -0.15) is 0 Å². The molecule has 0 bridgehead atoms. The standard InChI is InChI=1S/C19H14Cl3FN2OS/c1-10-11(8-12-14(20)6-3-7-17(12)23)18(26)25-19(24-10)27-9-13-15(21)4-2-5-16(13)22/h2-7H,8-9H2,1H3,(H,24,25,26). The molecule has 0 saturated carbocycles. The topological polar surface area (TPSA) is 45.8 Å². The lowest BCUT2D eigenvalue weighted by atomic mass is 10.0. The number of aryl methyl sites for hydroxylation is 1. The first-order chi connectivity index (χ1) is 12.9. The number of benzene rings is 2. The maximum absolute atomic E-state index is 14.0. The second-order valence-corrected chi connectivity index (χ2v) is 7.99. The van der Waals surface area contributed by atoms with E-state index in [1.807, 2.05) is 0 Å². The van der Waals surface area contributed by atoms with Gasteiger partial charge in [-0.1, -0.05) is 58.7 Å². The Morgan fingerprint density at radius 1 is 1.00 bits per heavy atom. The minimum Gasteiger partial charge on any atom is -0.301 e. The van der Waals surface area contributed by atoms with Crippen LogP contribution in [0.4, 0.5) is 4.39 Å². The molecule has 3 nitrogen and oxygen atoms in total. The molecule has 0 spiro atoms. The van der Waals surface area contributed by atoms with Crippen LogP contribution < -0.4 is 5.56 Å². The lowest BCUT2D eigenvalue weighted by molar-refractivity contribution is 0.613. The zero-order chi connectivity index (χ0) is 19.6. The van der Waals surface area contributed by atoms with E-state index in [0.29, 0.717) is 32.2 Å². The molecular formula is C19H14Cl3FN2OS. The molecule has 2 aromatic carbocycles. The van der Waals surface area contributed by atoms with Crippen molar-refractivity contribution in [1.29, 1.82) is 0 Å². The van der Waals surface area contributed by atoms with E-state index in [2.05, 4.69) is 9.97 Å². The number of rotatable bonds is 5. The van der Waals surface area contributed by atoms with Crippen LogP contribution in [0.3, 0.4) is 0 Å². The molecule has 0 fully saturated rings. The number of hydrogen-bond donors (Lipinski definition) is 1. The van der Waals surface area contributed by atoms with Crippen LogP contribution in [-0.2, 0) is 12.2 Å². The molecule has 0 amide bonds. The predicted molar refractivity (Wildman–Crippen MR) is 110 cm³/mol. The van der Waals surface area contributed by atoms with Gasteiger partial charge < -0.3 is 4.98 Å². The van der Waals surface area contributed by atoms with E-state index < -0.39 is 5.82 Å². The van der Waals surface area contributed by atoms with Gasteiger partial charge in [0, 0.05) is 44.1 Å². The Kier molecular flexibility index (Phi) is 6.48. The minimum atomic E-state index is -0.451. The average Bonchev–Trinajstić information content (AvgIpc) is 2.60. The van der Waals surface area contributed by atoms with Crippen LogP contribution in [-0.4, -0.2) is 9.97 Å². The Morgan fingerprint density at radius 2 is 1.59 bits per heavy atom. The zero-order valence-corrected chi connectivity index (χ0v) is 17.2. The number of nitrogens with zero attached hydrogens (tertiary/aromatic N) is 1. The lowest BCUT2D eigenvalue weighted by Crippen LogP contribution is -2.18. The van der Waals surface area contributed by atoms with Crippen molar-refractivity contribution in [3.8, 4) is 0 Å². The van der Waals surface area contributed by atoms with Crippen molar-refractivity contribution in [3.05, 3.63) is 90.0 Å². The second-order valence-electron chi connectivity index (χ2n) is 5.80. The molecule has 0 atom stereocenters. The van der Waals surface area contributed by atoms with Crippen molar-refractivity contribution >= 4 is 46.6 Å². The maximum Gasteiger partial charge on any atom is 0.255 e. The van der Waals surface area contributed by atoms with Crippen molar-refractivity contribution in [2.75, 3.05) is 0 Å². The molecule has 1 N–H and O–H groups in total. The number of aromatic amines is 1. The summed E-state index contributed by atoms with van der Waals surface area (Å²) >= 11 is 19.7. The summed E-state index contributed by atoms with van der Waals surface area (Å²) in [6.07, 6.45) is 0.0704. The van der Waals surface area contributed by atoms with Crippen LogP contribution in [0.15, 0.2) is 46.3 Å². The fourth-order valence-electron chi connectivity index (χ4n) is 2.55. The van der Waals surface area contributed by atoms with Crippen LogP contribution in [0.25, 0.3) is 0 Å².